The molecule has 124 valence electrons. The van der Waals surface area contributed by atoms with Crippen molar-refractivity contribution in [1.29, 1.82) is 0 Å². The van der Waals surface area contributed by atoms with Crippen molar-refractivity contribution in [3.63, 3.8) is 0 Å². The van der Waals surface area contributed by atoms with Gasteiger partial charge in [-0.2, -0.15) is 22.0 Å². The van der Waals surface area contributed by atoms with Gasteiger partial charge in [-0.3, -0.25) is 0 Å². The van der Waals surface area contributed by atoms with Crippen molar-refractivity contribution in [3.8, 4) is 5.75 Å². The number of ether oxygens (including phenoxy) is 1. The lowest BCUT2D eigenvalue weighted by atomic mass is 10.1. The van der Waals surface area contributed by atoms with E-state index in [9.17, 15) is 22.0 Å². The van der Waals surface area contributed by atoms with Gasteiger partial charge in [0.1, 0.15) is 5.75 Å². The van der Waals surface area contributed by atoms with Crippen LogP contribution in [0.5, 0.6) is 5.75 Å². The van der Waals surface area contributed by atoms with E-state index in [1.165, 1.54) is 12.1 Å². The minimum atomic E-state index is -5.61. The van der Waals surface area contributed by atoms with Gasteiger partial charge in [-0.15, -0.1) is 0 Å². The third-order valence-corrected chi connectivity index (χ3v) is 3.58. The number of benzene rings is 1. The van der Waals surface area contributed by atoms with E-state index < -0.39 is 18.7 Å². The fourth-order valence-electron chi connectivity index (χ4n) is 2.17. The highest BCUT2D eigenvalue weighted by Gasteiger charge is 2.58. The van der Waals surface area contributed by atoms with Crippen LogP contribution in [0.3, 0.4) is 0 Å². The molecule has 0 atom stereocenters. The third kappa shape index (κ3) is 4.00. The Kier molecular flexibility index (Phi) is 4.79. The van der Waals surface area contributed by atoms with Crippen LogP contribution in [0.1, 0.15) is 12.8 Å². The van der Waals surface area contributed by atoms with E-state index in [0.29, 0.717) is 0 Å². The average molecular weight is 324 g/mol. The highest BCUT2D eigenvalue weighted by molar-refractivity contribution is 5.49. The summed E-state index contributed by atoms with van der Waals surface area (Å²) in [6.07, 6.45) is -3.90. The highest BCUT2D eigenvalue weighted by Crippen LogP contribution is 2.35. The van der Waals surface area contributed by atoms with Crippen molar-refractivity contribution in [2.45, 2.75) is 31.0 Å². The third-order valence-electron chi connectivity index (χ3n) is 3.58. The summed E-state index contributed by atoms with van der Waals surface area (Å²) in [5.41, 5.74) is 6.67. The summed E-state index contributed by atoms with van der Waals surface area (Å²) in [6.45, 7) is -0.157. The summed E-state index contributed by atoms with van der Waals surface area (Å²) < 4.78 is 66.1. The zero-order valence-corrected chi connectivity index (χ0v) is 11.7. The van der Waals surface area contributed by atoms with Gasteiger partial charge in [0.05, 0.1) is 0 Å². The first-order chi connectivity index (χ1) is 10.2. The number of rotatable bonds is 4. The fourth-order valence-corrected chi connectivity index (χ4v) is 2.17. The molecule has 1 aliphatic heterocycles. The molecule has 2 N–H and O–H groups in total. The van der Waals surface area contributed by atoms with E-state index in [2.05, 4.69) is 9.64 Å². The highest BCUT2D eigenvalue weighted by atomic mass is 19.4. The zero-order chi connectivity index (χ0) is 16.4. The van der Waals surface area contributed by atoms with Crippen LogP contribution >= 0.6 is 0 Å². The first kappa shape index (κ1) is 16.8. The lowest BCUT2D eigenvalue weighted by molar-refractivity contribution is -0.290. The minimum Gasteiger partial charge on any atom is -0.487 e. The SMILES string of the molecule is NC1CCN(c2ccc(OCC(F)(F)C(F)(F)F)cc2)CC1. The first-order valence-corrected chi connectivity index (χ1v) is 6.87. The second-order valence-electron chi connectivity index (χ2n) is 5.31. The van der Waals surface area contributed by atoms with E-state index in [1.54, 1.807) is 12.1 Å². The number of anilines is 1. The van der Waals surface area contributed by atoms with Crippen molar-refractivity contribution in [2.75, 3.05) is 24.6 Å². The van der Waals surface area contributed by atoms with E-state index in [1.807, 2.05) is 0 Å². The van der Waals surface area contributed by atoms with Gasteiger partial charge in [-0.25, -0.2) is 0 Å². The number of piperidine rings is 1. The molecule has 1 heterocycles. The molecule has 0 aromatic heterocycles. The topological polar surface area (TPSA) is 38.5 Å². The van der Waals surface area contributed by atoms with Gasteiger partial charge in [0.25, 0.3) is 0 Å². The van der Waals surface area contributed by atoms with Crippen LogP contribution in [0.25, 0.3) is 0 Å². The molecule has 22 heavy (non-hydrogen) atoms. The molecule has 8 heteroatoms. The van der Waals surface area contributed by atoms with Gasteiger partial charge in [-0.05, 0) is 37.1 Å². The van der Waals surface area contributed by atoms with Gasteiger partial charge < -0.3 is 15.4 Å². The molecule has 3 nitrogen and oxygen atoms in total. The zero-order valence-electron chi connectivity index (χ0n) is 11.7. The molecular weight excluding hydrogens is 307 g/mol. The van der Waals surface area contributed by atoms with Crippen LogP contribution in [-0.4, -0.2) is 37.8 Å². The molecule has 0 unspecified atom stereocenters. The van der Waals surface area contributed by atoms with E-state index in [-0.39, 0.29) is 11.8 Å². The summed E-state index contributed by atoms with van der Waals surface area (Å²) in [7, 11) is 0. The van der Waals surface area contributed by atoms with Gasteiger partial charge in [0.15, 0.2) is 6.61 Å². The molecule has 1 aromatic carbocycles. The second kappa shape index (κ2) is 6.28. The lowest BCUT2D eigenvalue weighted by Gasteiger charge is -2.32. The monoisotopic (exact) mass is 324 g/mol. The van der Waals surface area contributed by atoms with Gasteiger partial charge >= 0.3 is 12.1 Å². The Balaban J connectivity index is 1.92. The number of hydrogen-bond donors (Lipinski definition) is 1. The van der Waals surface area contributed by atoms with E-state index in [4.69, 9.17) is 5.73 Å². The second-order valence-corrected chi connectivity index (χ2v) is 5.31. The quantitative estimate of drug-likeness (QED) is 0.865. The molecule has 0 saturated carbocycles. The Morgan fingerprint density at radius 2 is 1.59 bits per heavy atom. The van der Waals surface area contributed by atoms with Gasteiger partial charge in [0, 0.05) is 24.8 Å². The summed E-state index contributed by atoms with van der Waals surface area (Å²) in [5.74, 6) is -4.89. The van der Waals surface area contributed by atoms with Gasteiger partial charge in [-0.1, -0.05) is 0 Å². The number of nitrogens with two attached hydrogens (primary N) is 1. The maximum Gasteiger partial charge on any atom is 0.456 e. The van der Waals surface area contributed by atoms with Crippen LogP contribution in [-0.2, 0) is 0 Å². The Morgan fingerprint density at radius 3 is 2.09 bits per heavy atom. The summed E-state index contributed by atoms with van der Waals surface area (Å²) in [5, 5.41) is 0. The normalized spacial score (nSPS) is 17.6. The summed E-state index contributed by atoms with van der Waals surface area (Å²) in [4.78, 5) is 2.08. The number of halogens is 5. The Labute approximate surface area is 124 Å². The molecule has 1 aliphatic rings. The molecule has 2 rings (SSSR count). The van der Waals surface area contributed by atoms with Crippen molar-refractivity contribution in [2.24, 2.45) is 5.73 Å². The van der Waals surface area contributed by atoms with Crippen molar-refractivity contribution in [3.05, 3.63) is 24.3 Å². The Bertz CT molecular complexity index is 481. The molecule has 1 aromatic rings. The van der Waals surface area contributed by atoms with Crippen LogP contribution < -0.4 is 15.4 Å². The van der Waals surface area contributed by atoms with Crippen molar-refractivity contribution >= 4 is 5.69 Å². The minimum absolute atomic E-state index is 0.0265. The molecule has 1 fully saturated rings. The van der Waals surface area contributed by atoms with Crippen molar-refractivity contribution < 1.29 is 26.7 Å². The van der Waals surface area contributed by atoms with Crippen LogP contribution in [0.15, 0.2) is 24.3 Å². The molecule has 0 bridgehead atoms. The van der Waals surface area contributed by atoms with E-state index in [0.717, 1.165) is 31.6 Å². The fraction of sp³-hybridized carbons (Fsp3) is 0.571. The van der Waals surface area contributed by atoms with Gasteiger partial charge in [0.2, 0.25) is 0 Å². The summed E-state index contributed by atoms with van der Waals surface area (Å²) in [6, 6.07) is 6.23. The van der Waals surface area contributed by atoms with E-state index >= 15 is 0 Å². The standard InChI is InChI=1S/C14H17F5N2O/c15-13(16,14(17,18)19)9-22-12-3-1-11(2-4-12)21-7-5-10(20)6-8-21/h1-4,10H,5-9,20H2. The van der Waals surface area contributed by atoms with Crippen LogP contribution in [0, 0.1) is 0 Å². The predicted molar refractivity (Wildman–Crippen MR) is 72.4 cm³/mol. The number of hydrogen-bond acceptors (Lipinski definition) is 3. The number of nitrogens with zero attached hydrogens (tertiary/aromatic N) is 1. The maximum atomic E-state index is 12.8. The van der Waals surface area contributed by atoms with Crippen LogP contribution in [0.2, 0.25) is 0 Å². The smallest absolute Gasteiger partial charge is 0.456 e. The Hall–Kier alpha value is -1.57. The Morgan fingerprint density at radius 1 is 1.05 bits per heavy atom. The predicted octanol–water partition coefficient (Wildman–Crippen LogP) is 3.19. The largest absolute Gasteiger partial charge is 0.487 e. The summed E-state index contributed by atoms with van der Waals surface area (Å²) >= 11 is 0. The van der Waals surface area contributed by atoms with Crippen molar-refractivity contribution in [1.82, 2.24) is 0 Å². The molecule has 0 radical (unpaired) electrons. The maximum absolute atomic E-state index is 12.8. The average Bonchev–Trinajstić information content (AvgIpc) is 2.45. The number of alkyl halides is 5. The molecule has 1 saturated heterocycles. The first-order valence-electron chi connectivity index (χ1n) is 6.87. The molecular formula is C14H17F5N2O. The lowest BCUT2D eigenvalue weighted by Crippen LogP contribution is -2.41. The van der Waals surface area contributed by atoms with Crippen LogP contribution in [0.4, 0.5) is 27.6 Å². The molecule has 0 aliphatic carbocycles. The molecule has 0 amide bonds. The molecule has 0 spiro atoms.